The maximum Gasteiger partial charge on any atom is 0.149 e. The third-order valence-electron chi connectivity index (χ3n) is 2.05. The zero-order valence-corrected chi connectivity index (χ0v) is 8.23. The Hall–Kier alpha value is -1.84. The number of nitrogens with two attached hydrogens (primary N) is 1. The Morgan fingerprint density at radius 1 is 1.36 bits per heavy atom. The normalized spacial score (nSPS) is 10.4. The maximum atomic E-state index is 5.76. The first kappa shape index (κ1) is 8.74. The third-order valence-corrected chi connectivity index (χ3v) is 2.05. The predicted octanol–water partition coefficient (Wildman–Crippen LogP) is 1.47. The minimum Gasteiger partial charge on any atom is -0.382 e. The lowest BCUT2D eigenvalue weighted by molar-refractivity contribution is 0.831. The molecule has 0 radical (unpaired) electrons. The van der Waals surface area contributed by atoms with Crippen LogP contribution in [0.2, 0.25) is 0 Å². The Morgan fingerprint density at radius 3 is 2.71 bits per heavy atom. The van der Waals surface area contributed by atoms with Crippen molar-refractivity contribution in [2.45, 2.75) is 13.8 Å². The molecule has 0 aliphatic rings. The fraction of sp³-hybridized carbons (Fsp3) is 0.200. The van der Waals surface area contributed by atoms with Crippen LogP contribution in [0.4, 0.5) is 5.82 Å². The Labute approximate surface area is 82.4 Å². The number of aromatic nitrogens is 3. The minimum atomic E-state index is 0.499. The van der Waals surface area contributed by atoms with Crippen LogP contribution in [0.1, 0.15) is 11.4 Å². The van der Waals surface area contributed by atoms with Gasteiger partial charge in [-0.05, 0) is 32.0 Å². The fourth-order valence-corrected chi connectivity index (χ4v) is 1.46. The van der Waals surface area contributed by atoms with Crippen LogP contribution < -0.4 is 5.73 Å². The average molecular weight is 188 g/mol. The molecule has 0 saturated heterocycles. The highest BCUT2D eigenvalue weighted by Crippen LogP contribution is 2.15. The molecule has 0 saturated carbocycles. The summed E-state index contributed by atoms with van der Waals surface area (Å²) in [5.74, 6) is 0.499. The number of rotatable bonds is 1. The molecule has 0 amide bonds. The number of nitrogen functional groups attached to an aromatic ring is 1. The highest BCUT2D eigenvalue weighted by molar-refractivity contribution is 5.51. The van der Waals surface area contributed by atoms with Gasteiger partial charge in [0.25, 0.3) is 0 Å². The molecule has 4 heteroatoms. The summed E-state index contributed by atoms with van der Waals surface area (Å²) in [6.07, 6.45) is 1.67. The van der Waals surface area contributed by atoms with Gasteiger partial charge in [-0.1, -0.05) is 0 Å². The quantitative estimate of drug-likeness (QED) is 0.737. The Kier molecular flexibility index (Phi) is 1.96. The van der Waals surface area contributed by atoms with E-state index >= 15 is 0 Å². The summed E-state index contributed by atoms with van der Waals surface area (Å²) in [5, 5.41) is 4.34. The Bertz CT molecular complexity index is 459. The van der Waals surface area contributed by atoms with Gasteiger partial charge in [-0.2, -0.15) is 5.10 Å². The second-order valence-electron chi connectivity index (χ2n) is 3.25. The van der Waals surface area contributed by atoms with Crippen molar-refractivity contribution in [3.8, 4) is 5.69 Å². The van der Waals surface area contributed by atoms with E-state index in [1.807, 2.05) is 32.0 Å². The molecule has 72 valence electrons. The van der Waals surface area contributed by atoms with Crippen molar-refractivity contribution in [2.75, 3.05) is 5.73 Å². The second kappa shape index (κ2) is 3.14. The topological polar surface area (TPSA) is 56.7 Å². The maximum absolute atomic E-state index is 5.76. The molecule has 2 N–H and O–H groups in total. The van der Waals surface area contributed by atoms with Crippen molar-refractivity contribution in [3.63, 3.8) is 0 Å². The number of anilines is 1. The van der Waals surface area contributed by atoms with Gasteiger partial charge in [0, 0.05) is 11.9 Å². The van der Waals surface area contributed by atoms with Crippen LogP contribution >= 0.6 is 0 Å². The first-order chi connectivity index (χ1) is 6.68. The Balaban J connectivity index is 2.60. The largest absolute Gasteiger partial charge is 0.382 e. The van der Waals surface area contributed by atoms with Gasteiger partial charge in [-0.3, -0.25) is 0 Å². The molecular formula is C10H12N4. The number of aryl methyl sites for hydroxylation is 2. The van der Waals surface area contributed by atoms with Gasteiger partial charge < -0.3 is 5.73 Å². The van der Waals surface area contributed by atoms with Gasteiger partial charge in [0.05, 0.1) is 5.69 Å². The molecule has 0 aromatic carbocycles. The second-order valence-corrected chi connectivity index (χ2v) is 3.25. The SMILES string of the molecule is Cc1cc(C)n(-c2cccnc2N)n1. The molecule has 0 bridgehead atoms. The molecule has 4 nitrogen and oxygen atoms in total. The fourth-order valence-electron chi connectivity index (χ4n) is 1.46. The summed E-state index contributed by atoms with van der Waals surface area (Å²) in [6.45, 7) is 3.95. The predicted molar refractivity (Wildman–Crippen MR) is 55.2 cm³/mol. The van der Waals surface area contributed by atoms with E-state index in [2.05, 4.69) is 10.1 Å². The number of hydrogen-bond acceptors (Lipinski definition) is 3. The van der Waals surface area contributed by atoms with Crippen LogP contribution in [-0.4, -0.2) is 14.8 Å². The van der Waals surface area contributed by atoms with Gasteiger partial charge in [0.15, 0.2) is 0 Å². The molecule has 0 unspecified atom stereocenters. The number of pyridine rings is 1. The molecule has 2 rings (SSSR count). The smallest absolute Gasteiger partial charge is 0.149 e. The summed E-state index contributed by atoms with van der Waals surface area (Å²) < 4.78 is 1.80. The van der Waals surface area contributed by atoms with E-state index in [0.717, 1.165) is 17.1 Å². The number of nitrogens with zero attached hydrogens (tertiary/aromatic N) is 3. The molecule has 0 spiro atoms. The van der Waals surface area contributed by atoms with Crippen LogP contribution in [0, 0.1) is 13.8 Å². The van der Waals surface area contributed by atoms with Crippen molar-refractivity contribution >= 4 is 5.82 Å². The molecule has 2 heterocycles. The lowest BCUT2D eigenvalue weighted by Gasteiger charge is -2.05. The van der Waals surface area contributed by atoms with Crippen molar-refractivity contribution in [2.24, 2.45) is 0 Å². The van der Waals surface area contributed by atoms with Crippen LogP contribution in [0.25, 0.3) is 5.69 Å². The van der Waals surface area contributed by atoms with Gasteiger partial charge in [0.1, 0.15) is 11.5 Å². The van der Waals surface area contributed by atoms with E-state index in [9.17, 15) is 0 Å². The van der Waals surface area contributed by atoms with Gasteiger partial charge in [-0.15, -0.1) is 0 Å². The monoisotopic (exact) mass is 188 g/mol. The molecular weight excluding hydrogens is 176 g/mol. The zero-order chi connectivity index (χ0) is 10.1. The molecule has 2 aromatic heterocycles. The standard InChI is InChI=1S/C10H12N4/c1-7-6-8(2)14(13-7)9-4-3-5-12-10(9)11/h3-6H,1-2H3,(H2,11,12). The molecule has 0 fully saturated rings. The van der Waals surface area contributed by atoms with E-state index < -0.39 is 0 Å². The van der Waals surface area contributed by atoms with Gasteiger partial charge in [-0.25, -0.2) is 9.67 Å². The third kappa shape index (κ3) is 1.35. The van der Waals surface area contributed by atoms with Crippen molar-refractivity contribution in [1.29, 1.82) is 0 Å². The summed E-state index contributed by atoms with van der Waals surface area (Å²) >= 11 is 0. The number of hydrogen-bond donors (Lipinski definition) is 1. The van der Waals surface area contributed by atoms with Crippen molar-refractivity contribution in [3.05, 3.63) is 35.8 Å². The summed E-state index contributed by atoms with van der Waals surface area (Å²) in [4.78, 5) is 4.02. The average Bonchev–Trinajstić information content (AvgIpc) is 2.46. The molecule has 2 aromatic rings. The molecule has 14 heavy (non-hydrogen) atoms. The van der Waals surface area contributed by atoms with Crippen molar-refractivity contribution in [1.82, 2.24) is 14.8 Å². The first-order valence-corrected chi connectivity index (χ1v) is 4.42. The van der Waals surface area contributed by atoms with Gasteiger partial charge in [0.2, 0.25) is 0 Å². The van der Waals surface area contributed by atoms with E-state index in [0.29, 0.717) is 5.82 Å². The van der Waals surface area contributed by atoms with Crippen LogP contribution in [0.3, 0.4) is 0 Å². The molecule has 0 aliphatic heterocycles. The lowest BCUT2D eigenvalue weighted by Crippen LogP contribution is -2.04. The van der Waals surface area contributed by atoms with Gasteiger partial charge >= 0.3 is 0 Å². The van der Waals surface area contributed by atoms with Crippen LogP contribution in [0.15, 0.2) is 24.4 Å². The van der Waals surface area contributed by atoms with Crippen LogP contribution in [0.5, 0.6) is 0 Å². The minimum absolute atomic E-state index is 0.499. The van der Waals surface area contributed by atoms with Crippen LogP contribution in [-0.2, 0) is 0 Å². The summed E-state index contributed by atoms with van der Waals surface area (Å²) in [5.41, 5.74) is 8.63. The zero-order valence-electron chi connectivity index (χ0n) is 8.23. The van der Waals surface area contributed by atoms with E-state index in [-0.39, 0.29) is 0 Å². The summed E-state index contributed by atoms with van der Waals surface area (Å²) in [6, 6.07) is 5.76. The molecule has 0 aliphatic carbocycles. The van der Waals surface area contributed by atoms with E-state index in [4.69, 9.17) is 5.73 Å². The van der Waals surface area contributed by atoms with E-state index in [1.165, 1.54) is 0 Å². The Morgan fingerprint density at radius 2 is 2.14 bits per heavy atom. The summed E-state index contributed by atoms with van der Waals surface area (Å²) in [7, 11) is 0. The van der Waals surface area contributed by atoms with E-state index in [1.54, 1.807) is 10.9 Å². The highest BCUT2D eigenvalue weighted by Gasteiger charge is 2.06. The lowest BCUT2D eigenvalue weighted by atomic mass is 10.3. The van der Waals surface area contributed by atoms with Crippen molar-refractivity contribution < 1.29 is 0 Å². The molecule has 0 atom stereocenters. The highest BCUT2D eigenvalue weighted by atomic mass is 15.3. The first-order valence-electron chi connectivity index (χ1n) is 4.42.